The molecule has 18 heavy (non-hydrogen) atoms. The first-order chi connectivity index (χ1) is 7.94. The van der Waals surface area contributed by atoms with Crippen LogP contribution < -0.4 is 10.5 Å². The van der Waals surface area contributed by atoms with Crippen molar-refractivity contribution >= 4 is 27.2 Å². The summed E-state index contributed by atoms with van der Waals surface area (Å²) in [5.74, 6) is -0.766. The van der Waals surface area contributed by atoms with Crippen LogP contribution in [0.4, 0.5) is 13.2 Å². The molecule has 0 fully saturated rings. The van der Waals surface area contributed by atoms with Crippen LogP contribution >= 0.6 is 12.2 Å². The van der Waals surface area contributed by atoms with Crippen LogP contribution in [0.5, 0.6) is 0 Å². The van der Waals surface area contributed by atoms with E-state index in [2.05, 4.69) is 4.72 Å². The van der Waals surface area contributed by atoms with Crippen molar-refractivity contribution in [1.82, 2.24) is 4.72 Å². The van der Waals surface area contributed by atoms with Gasteiger partial charge in [-0.1, -0.05) is 26.1 Å². The Morgan fingerprint density at radius 2 is 1.89 bits per heavy atom. The number of halogens is 3. The van der Waals surface area contributed by atoms with Gasteiger partial charge in [-0.15, -0.1) is 0 Å². The van der Waals surface area contributed by atoms with Crippen molar-refractivity contribution in [3.8, 4) is 0 Å². The zero-order valence-corrected chi connectivity index (χ0v) is 11.8. The van der Waals surface area contributed by atoms with Crippen LogP contribution in [0.3, 0.4) is 0 Å². The molecule has 1 unspecified atom stereocenters. The highest BCUT2D eigenvalue weighted by Gasteiger charge is 2.28. The van der Waals surface area contributed by atoms with Crippen LogP contribution in [0.2, 0.25) is 0 Å². The second kappa shape index (κ2) is 6.67. The Morgan fingerprint density at radius 3 is 2.22 bits per heavy atom. The maximum Gasteiger partial charge on any atom is 0.389 e. The lowest BCUT2D eigenvalue weighted by Gasteiger charge is -2.20. The summed E-state index contributed by atoms with van der Waals surface area (Å²) in [6, 6.07) is -0.740. The van der Waals surface area contributed by atoms with Gasteiger partial charge in [0, 0.05) is 6.42 Å². The van der Waals surface area contributed by atoms with E-state index in [-0.39, 0.29) is 10.9 Å². The molecule has 0 bridgehead atoms. The topological polar surface area (TPSA) is 72.2 Å². The lowest BCUT2D eigenvalue weighted by atomic mass is 10.1. The molecule has 0 amide bonds. The number of sulfonamides is 1. The fourth-order valence-corrected chi connectivity index (χ4v) is 3.07. The van der Waals surface area contributed by atoms with E-state index in [0.717, 1.165) is 0 Å². The van der Waals surface area contributed by atoms with E-state index in [1.54, 1.807) is 13.8 Å². The van der Waals surface area contributed by atoms with Crippen molar-refractivity contribution in [3.05, 3.63) is 0 Å². The van der Waals surface area contributed by atoms with E-state index >= 15 is 0 Å². The maximum absolute atomic E-state index is 11.9. The molecule has 0 aromatic heterocycles. The first-order valence-corrected chi connectivity index (χ1v) is 7.37. The van der Waals surface area contributed by atoms with Crippen molar-refractivity contribution in [3.63, 3.8) is 0 Å². The van der Waals surface area contributed by atoms with Crippen LogP contribution in [-0.4, -0.2) is 31.4 Å². The Kier molecular flexibility index (Phi) is 6.52. The standard InChI is InChI=1S/C9H17F3N2O2S2/c1-6(2)7(8(13)17)14-18(15,16)5-3-4-9(10,11)12/h6-7,14H,3-5H2,1-2H3,(H2,13,17). The minimum absolute atomic E-state index is 0.0237. The Balaban J connectivity index is 4.43. The summed E-state index contributed by atoms with van der Waals surface area (Å²) in [4.78, 5) is -0.0237. The number of alkyl halides is 3. The minimum Gasteiger partial charge on any atom is -0.392 e. The van der Waals surface area contributed by atoms with E-state index in [0.29, 0.717) is 0 Å². The van der Waals surface area contributed by atoms with Gasteiger partial charge in [-0.05, 0) is 12.3 Å². The highest BCUT2D eigenvalue weighted by molar-refractivity contribution is 7.89. The molecule has 0 aromatic rings. The van der Waals surface area contributed by atoms with Crippen molar-refractivity contribution in [2.75, 3.05) is 5.75 Å². The molecular weight excluding hydrogens is 289 g/mol. The number of nitrogens with two attached hydrogens (primary N) is 1. The molecule has 0 aliphatic rings. The third kappa shape index (κ3) is 7.83. The Bertz CT molecular complexity index is 380. The molecule has 4 nitrogen and oxygen atoms in total. The summed E-state index contributed by atoms with van der Waals surface area (Å²) < 4.78 is 61.0. The molecule has 0 aliphatic carbocycles. The van der Waals surface area contributed by atoms with Crippen molar-refractivity contribution in [1.29, 1.82) is 0 Å². The lowest BCUT2D eigenvalue weighted by Crippen LogP contribution is -2.47. The van der Waals surface area contributed by atoms with Crippen molar-refractivity contribution < 1.29 is 21.6 Å². The highest BCUT2D eigenvalue weighted by Crippen LogP contribution is 2.21. The molecule has 0 rings (SSSR count). The summed E-state index contributed by atoms with van der Waals surface area (Å²) >= 11 is 4.70. The normalized spacial score (nSPS) is 14.8. The predicted molar refractivity (Wildman–Crippen MR) is 67.6 cm³/mol. The zero-order chi connectivity index (χ0) is 14.6. The van der Waals surface area contributed by atoms with Crippen LogP contribution in [0.25, 0.3) is 0 Å². The van der Waals surface area contributed by atoms with Crippen LogP contribution in [0.15, 0.2) is 0 Å². The van der Waals surface area contributed by atoms with Gasteiger partial charge in [-0.2, -0.15) is 13.2 Å². The molecule has 0 aromatic carbocycles. The van der Waals surface area contributed by atoms with Crippen molar-refractivity contribution in [2.24, 2.45) is 11.7 Å². The monoisotopic (exact) mass is 306 g/mol. The minimum atomic E-state index is -4.35. The van der Waals surface area contributed by atoms with Crippen LogP contribution in [-0.2, 0) is 10.0 Å². The van der Waals surface area contributed by atoms with E-state index in [4.69, 9.17) is 18.0 Å². The van der Waals surface area contributed by atoms with Gasteiger partial charge in [0.1, 0.15) is 0 Å². The molecule has 0 radical (unpaired) electrons. The third-order valence-electron chi connectivity index (χ3n) is 2.15. The molecule has 0 aliphatic heterocycles. The number of rotatable bonds is 7. The number of nitrogens with one attached hydrogen (secondary N) is 1. The van der Waals surface area contributed by atoms with E-state index in [1.165, 1.54) is 0 Å². The van der Waals surface area contributed by atoms with Gasteiger partial charge in [-0.25, -0.2) is 13.1 Å². The Labute approximate surface area is 110 Å². The van der Waals surface area contributed by atoms with Crippen LogP contribution in [0, 0.1) is 5.92 Å². The Morgan fingerprint density at radius 1 is 1.39 bits per heavy atom. The second-order valence-electron chi connectivity index (χ2n) is 4.28. The summed E-state index contributed by atoms with van der Waals surface area (Å²) in [5.41, 5.74) is 5.37. The van der Waals surface area contributed by atoms with Gasteiger partial charge in [0.25, 0.3) is 0 Å². The fourth-order valence-electron chi connectivity index (χ4n) is 1.24. The third-order valence-corrected chi connectivity index (χ3v) is 3.85. The van der Waals surface area contributed by atoms with Crippen molar-refractivity contribution in [2.45, 2.75) is 38.9 Å². The molecule has 0 saturated heterocycles. The Hall–Kier alpha value is -0.410. The van der Waals surface area contributed by atoms with E-state index in [1.807, 2.05) is 0 Å². The van der Waals surface area contributed by atoms with E-state index < -0.39 is 40.8 Å². The summed E-state index contributed by atoms with van der Waals surface area (Å²) in [7, 11) is -3.81. The molecule has 0 saturated carbocycles. The average Bonchev–Trinajstić information content (AvgIpc) is 2.10. The van der Waals surface area contributed by atoms with Gasteiger partial charge in [0.15, 0.2) is 0 Å². The first-order valence-electron chi connectivity index (χ1n) is 5.30. The smallest absolute Gasteiger partial charge is 0.389 e. The van der Waals surface area contributed by atoms with Gasteiger partial charge < -0.3 is 5.73 Å². The molecule has 108 valence electrons. The molecule has 1 atom stereocenters. The summed E-state index contributed by atoms with van der Waals surface area (Å²) in [6.45, 7) is 3.42. The molecule has 9 heteroatoms. The van der Waals surface area contributed by atoms with Gasteiger partial charge >= 0.3 is 6.18 Å². The van der Waals surface area contributed by atoms with Gasteiger partial charge in [0.2, 0.25) is 10.0 Å². The van der Waals surface area contributed by atoms with Gasteiger partial charge in [0.05, 0.1) is 16.8 Å². The summed E-state index contributed by atoms with van der Waals surface area (Å²) in [5, 5.41) is 0. The largest absolute Gasteiger partial charge is 0.392 e. The summed E-state index contributed by atoms with van der Waals surface area (Å²) in [6.07, 6.45) is -5.97. The number of thiocarbonyl (C=S) groups is 1. The number of hydrogen-bond acceptors (Lipinski definition) is 3. The quantitative estimate of drug-likeness (QED) is 0.700. The van der Waals surface area contributed by atoms with Crippen LogP contribution in [0.1, 0.15) is 26.7 Å². The highest BCUT2D eigenvalue weighted by atomic mass is 32.2. The fraction of sp³-hybridized carbons (Fsp3) is 0.889. The maximum atomic E-state index is 11.9. The van der Waals surface area contributed by atoms with E-state index in [9.17, 15) is 21.6 Å². The number of hydrogen-bond donors (Lipinski definition) is 2. The van der Waals surface area contributed by atoms with Gasteiger partial charge in [-0.3, -0.25) is 0 Å². The molecule has 3 N–H and O–H groups in total. The second-order valence-corrected chi connectivity index (χ2v) is 6.62. The average molecular weight is 306 g/mol. The zero-order valence-electron chi connectivity index (χ0n) is 10.1. The lowest BCUT2D eigenvalue weighted by molar-refractivity contribution is -0.134. The predicted octanol–water partition coefficient (Wildman–Crippen LogP) is 1.56. The molecular formula is C9H17F3N2O2S2. The SMILES string of the molecule is CC(C)C(NS(=O)(=O)CCCC(F)(F)F)C(N)=S. The molecule has 0 spiro atoms. The first kappa shape index (κ1) is 17.6. The molecule has 0 heterocycles.